The number of aliphatic hydroxyl groups is 2. The number of benzene rings is 1. The molecule has 0 radical (unpaired) electrons. The van der Waals surface area contributed by atoms with E-state index in [4.69, 9.17) is 21.5 Å². The molecule has 6 nitrogen and oxygen atoms in total. The molecular formula is C16H15BrClF2IN2O4. The lowest BCUT2D eigenvalue weighted by Crippen LogP contribution is -2.34. The number of nitrogens with one attached hydrogen (secondary N) is 2. The zero-order chi connectivity index (χ0) is 20.2. The summed E-state index contributed by atoms with van der Waals surface area (Å²) in [5.41, 5.74) is 2.30. The van der Waals surface area contributed by atoms with Crippen LogP contribution in [0.1, 0.15) is 6.42 Å². The van der Waals surface area contributed by atoms with Crippen LogP contribution in [0.25, 0.3) is 0 Å². The molecule has 0 aromatic heterocycles. The number of hydrogen-bond donors (Lipinski definition) is 4. The highest BCUT2D eigenvalue weighted by Crippen LogP contribution is 2.41. The second kappa shape index (κ2) is 9.61. The Morgan fingerprint density at radius 2 is 2.19 bits per heavy atom. The number of carbonyl (C=O) groups is 1. The molecule has 1 atom stereocenters. The number of carbonyl (C=O) groups excluding carboxylic acids is 1. The zero-order valence-corrected chi connectivity index (χ0v) is 18.1. The van der Waals surface area contributed by atoms with Crippen LogP contribution >= 0.6 is 50.1 Å². The maximum Gasteiger partial charge on any atom is 0.284 e. The molecule has 1 aliphatic rings. The first-order chi connectivity index (χ1) is 12.6. The first kappa shape index (κ1) is 22.5. The smallest absolute Gasteiger partial charge is 0.284 e. The largest absolute Gasteiger partial charge is 0.394 e. The van der Waals surface area contributed by atoms with Crippen molar-refractivity contribution in [2.24, 2.45) is 0 Å². The third-order valence-electron chi connectivity index (χ3n) is 3.46. The molecule has 4 N–H and O–H groups in total. The minimum absolute atomic E-state index is 0.0462. The lowest BCUT2D eigenvalue weighted by Gasteiger charge is -2.26. The Balaban J connectivity index is 2.27. The van der Waals surface area contributed by atoms with E-state index in [-0.39, 0.29) is 17.9 Å². The number of allylic oxidation sites excluding steroid dienone is 2. The molecule has 1 aliphatic carbocycles. The molecule has 0 saturated heterocycles. The molecule has 0 aliphatic heterocycles. The van der Waals surface area contributed by atoms with Crippen molar-refractivity contribution in [1.29, 1.82) is 0 Å². The van der Waals surface area contributed by atoms with Gasteiger partial charge in [-0.2, -0.15) is 0 Å². The predicted octanol–water partition coefficient (Wildman–Crippen LogP) is 3.33. The van der Waals surface area contributed by atoms with E-state index in [0.717, 1.165) is 9.65 Å². The standard InChI is InChI=1S/C16H15BrClF2IN2O4/c17-14-4-10(15(26)23-27-7-9(25)6-24)13(5-16(14,19)20)22-12-2-1-8(21)3-11(12)18/h1-4,9,22,24-25H,5-7H2,(H,23,26). The summed E-state index contributed by atoms with van der Waals surface area (Å²) >= 11 is 11.0. The average molecular weight is 580 g/mol. The van der Waals surface area contributed by atoms with Gasteiger partial charge in [-0.15, -0.1) is 0 Å². The summed E-state index contributed by atoms with van der Waals surface area (Å²) in [5, 5.41) is 21.0. The average Bonchev–Trinajstić information content (AvgIpc) is 2.59. The van der Waals surface area contributed by atoms with Gasteiger partial charge < -0.3 is 15.5 Å². The number of hydroxylamine groups is 1. The van der Waals surface area contributed by atoms with Gasteiger partial charge in [0.1, 0.15) is 12.7 Å². The van der Waals surface area contributed by atoms with Crippen LogP contribution in [0.5, 0.6) is 0 Å². The minimum atomic E-state index is -3.20. The Hall–Kier alpha value is -0.790. The number of rotatable bonds is 7. The van der Waals surface area contributed by atoms with Crippen molar-refractivity contribution in [2.75, 3.05) is 18.5 Å². The van der Waals surface area contributed by atoms with Crippen molar-refractivity contribution >= 4 is 61.7 Å². The Kier molecular flexibility index (Phi) is 8.01. The van der Waals surface area contributed by atoms with Gasteiger partial charge in [0, 0.05) is 9.27 Å². The van der Waals surface area contributed by atoms with Gasteiger partial charge in [-0.05, 0) is 62.8 Å². The van der Waals surface area contributed by atoms with Gasteiger partial charge in [0.15, 0.2) is 0 Å². The Bertz CT molecular complexity index is 792. The van der Waals surface area contributed by atoms with E-state index >= 15 is 0 Å². The van der Waals surface area contributed by atoms with E-state index in [0.29, 0.717) is 10.7 Å². The fourth-order valence-electron chi connectivity index (χ4n) is 2.10. The summed E-state index contributed by atoms with van der Waals surface area (Å²) in [5.74, 6) is -3.99. The highest BCUT2D eigenvalue weighted by atomic mass is 127. The van der Waals surface area contributed by atoms with Crippen LogP contribution in [0.3, 0.4) is 0 Å². The molecule has 148 valence electrons. The Labute approximate surface area is 180 Å². The molecule has 2 rings (SSSR count). The molecule has 0 heterocycles. The van der Waals surface area contributed by atoms with Crippen LogP contribution in [0.4, 0.5) is 14.5 Å². The van der Waals surface area contributed by atoms with Gasteiger partial charge >= 0.3 is 0 Å². The molecule has 1 aromatic rings. The van der Waals surface area contributed by atoms with Crippen LogP contribution < -0.4 is 10.8 Å². The molecule has 27 heavy (non-hydrogen) atoms. The topological polar surface area (TPSA) is 90.8 Å². The van der Waals surface area contributed by atoms with Crippen LogP contribution in [0.2, 0.25) is 5.02 Å². The fourth-order valence-corrected chi connectivity index (χ4v) is 3.37. The van der Waals surface area contributed by atoms with E-state index in [9.17, 15) is 18.7 Å². The quantitative estimate of drug-likeness (QED) is 0.294. The Morgan fingerprint density at radius 1 is 1.48 bits per heavy atom. The van der Waals surface area contributed by atoms with Crippen molar-refractivity contribution in [3.8, 4) is 0 Å². The molecule has 0 spiro atoms. The normalized spacial score (nSPS) is 17.4. The molecule has 1 amide bonds. The van der Waals surface area contributed by atoms with Gasteiger partial charge in [0.2, 0.25) is 0 Å². The third kappa shape index (κ3) is 6.09. The fraction of sp³-hybridized carbons (Fsp3) is 0.312. The predicted molar refractivity (Wildman–Crippen MR) is 109 cm³/mol. The number of halogens is 5. The first-order valence-corrected chi connectivity index (χ1v) is 9.80. The van der Waals surface area contributed by atoms with Gasteiger partial charge in [-0.3, -0.25) is 9.63 Å². The molecular weight excluding hydrogens is 564 g/mol. The Morgan fingerprint density at radius 3 is 2.81 bits per heavy atom. The van der Waals surface area contributed by atoms with E-state index in [1.807, 2.05) is 0 Å². The summed E-state index contributed by atoms with van der Waals surface area (Å²) in [7, 11) is 0. The summed E-state index contributed by atoms with van der Waals surface area (Å²) in [6, 6.07) is 5.00. The second-order valence-electron chi connectivity index (χ2n) is 5.59. The molecule has 11 heteroatoms. The van der Waals surface area contributed by atoms with Crippen molar-refractivity contribution in [2.45, 2.75) is 18.4 Å². The summed E-state index contributed by atoms with van der Waals surface area (Å²) < 4.78 is 28.6. The number of alkyl halides is 2. The highest BCUT2D eigenvalue weighted by molar-refractivity contribution is 14.1. The number of aliphatic hydroxyl groups excluding tert-OH is 2. The van der Waals surface area contributed by atoms with E-state index < -0.39 is 35.4 Å². The molecule has 1 unspecified atom stereocenters. The van der Waals surface area contributed by atoms with Crippen LogP contribution in [-0.2, 0) is 9.63 Å². The van der Waals surface area contributed by atoms with Gasteiger partial charge in [-0.1, -0.05) is 11.6 Å². The lowest BCUT2D eigenvalue weighted by atomic mass is 9.99. The molecule has 1 aromatic carbocycles. The van der Waals surface area contributed by atoms with Crippen LogP contribution in [-0.4, -0.2) is 41.4 Å². The molecule has 0 bridgehead atoms. The third-order valence-corrected chi connectivity index (χ3v) is 5.25. The van der Waals surface area contributed by atoms with E-state index in [2.05, 4.69) is 49.3 Å². The maximum atomic E-state index is 14.1. The van der Waals surface area contributed by atoms with Crippen molar-refractivity contribution in [3.05, 3.63) is 48.6 Å². The van der Waals surface area contributed by atoms with E-state index in [1.54, 1.807) is 18.2 Å². The van der Waals surface area contributed by atoms with Crippen LogP contribution in [0.15, 0.2) is 40.0 Å². The molecule has 0 saturated carbocycles. The van der Waals surface area contributed by atoms with E-state index in [1.165, 1.54) is 0 Å². The summed E-state index contributed by atoms with van der Waals surface area (Å²) in [6.07, 6.45) is -0.942. The summed E-state index contributed by atoms with van der Waals surface area (Å²) in [4.78, 5) is 17.1. The van der Waals surface area contributed by atoms with Crippen LogP contribution in [0, 0.1) is 3.57 Å². The first-order valence-electron chi connectivity index (χ1n) is 7.56. The second-order valence-corrected chi connectivity index (χ2v) is 8.10. The molecule has 0 fully saturated rings. The number of amides is 1. The lowest BCUT2D eigenvalue weighted by molar-refractivity contribution is -0.132. The van der Waals surface area contributed by atoms with Crippen molar-refractivity contribution < 1.29 is 28.6 Å². The SMILES string of the molecule is O=C(NOCC(O)CO)C1=C(Nc2ccc(I)cc2Cl)CC(F)(F)C(Br)=C1. The minimum Gasteiger partial charge on any atom is -0.394 e. The zero-order valence-electron chi connectivity index (χ0n) is 13.6. The monoisotopic (exact) mass is 578 g/mol. The highest BCUT2D eigenvalue weighted by Gasteiger charge is 2.39. The van der Waals surface area contributed by atoms with Crippen molar-refractivity contribution in [3.63, 3.8) is 0 Å². The van der Waals surface area contributed by atoms with Gasteiger partial charge in [0.05, 0.1) is 33.8 Å². The van der Waals surface area contributed by atoms with Crippen molar-refractivity contribution in [1.82, 2.24) is 5.48 Å². The summed E-state index contributed by atoms with van der Waals surface area (Å²) in [6.45, 7) is -0.906. The number of hydrogen-bond acceptors (Lipinski definition) is 5. The van der Waals surface area contributed by atoms with Gasteiger partial charge in [-0.25, -0.2) is 14.3 Å². The van der Waals surface area contributed by atoms with Gasteiger partial charge in [0.25, 0.3) is 11.8 Å². The maximum absolute atomic E-state index is 14.1. The number of anilines is 1.